The van der Waals surface area contributed by atoms with Crippen LogP contribution in [0, 0.1) is 10.1 Å². The van der Waals surface area contributed by atoms with E-state index >= 15 is 0 Å². The lowest BCUT2D eigenvalue weighted by molar-refractivity contribution is -0.385. The second-order valence-electron chi connectivity index (χ2n) is 4.40. The number of rotatable bonds is 7. The molecule has 0 bridgehead atoms. The predicted molar refractivity (Wildman–Crippen MR) is 79.2 cm³/mol. The summed E-state index contributed by atoms with van der Waals surface area (Å²) in [6, 6.07) is 3.14. The van der Waals surface area contributed by atoms with Crippen molar-refractivity contribution in [2.75, 3.05) is 6.54 Å². The Morgan fingerprint density at radius 3 is 2.47 bits per heavy atom. The van der Waals surface area contributed by atoms with E-state index in [9.17, 15) is 10.1 Å². The van der Waals surface area contributed by atoms with E-state index in [1.165, 1.54) is 6.07 Å². The van der Waals surface area contributed by atoms with Crippen molar-refractivity contribution in [1.82, 2.24) is 5.32 Å². The average molecular weight is 305 g/mol. The van der Waals surface area contributed by atoms with E-state index in [0.29, 0.717) is 17.0 Å². The van der Waals surface area contributed by atoms with Crippen LogP contribution in [0.15, 0.2) is 12.1 Å². The lowest BCUT2D eigenvalue weighted by Gasteiger charge is -2.17. The van der Waals surface area contributed by atoms with Crippen molar-refractivity contribution in [2.24, 2.45) is 0 Å². The van der Waals surface area contributed by atoms with Crippen LogP contribution in [0.1, 0.15) is 32.3 Å². The van der Waals surface area contributed by atoms with E-state index in [1.54, 1.807) is 6.07 Å². The van der Waals surface area contributed by atoms with Gasteiger partial charge in [-0.1, -0.05) is 43.5 Å². The summed E-state index contributed by atoms with van der Waals surface area (Å²) in [6.45, 7) is 4.94. The zero-order valence-electron chi connectivity index (χ0n) is 11.1. The van der Waals surface area contributed by atoms with Gasteiger partial charge in [0.15, 0.2) is 0 Å². The first-order valence-corrected chi connectivity index (χ1v) is 7.10. The molecular formula is C13H18Cl2N2O2. The van der Waals surface area contributed by atoms with Crippen LogP contribution in [-0.2, 0) is 6.42 Å². The fourth-order valence-corrected chi connectivity index (χ4v) is 2.43. The minimum atomic E-state index is -0.410. The highest BCUT2D eigenvalue weighted by atomic mass is 35.5. The zero-order chi connectivity index (χ0) is 14.4. The summed E-state index contributed by atoms with van der Waals surface area (Å²) >= 11 is 11.8. The third kappa shape index (κ3) is 4.64. The van der Waals surface area contributed by atoms with Crippen LogP contribution in [0.25, 0.3) is 0 Å². The van der Waals surface area contributed by atoms with Gasteiger partial charge >= 0.3 is 0 Å². The quantitative estimate of drug-likeness (QED) is 0.606. The van der Waals surface area contributed by atoms with Gasteiger partial charge in [-0.2, -0.15) is 0 Å². The van der Waals surface area contributed by atoms with Crippen LogP contribution < -0.4 is 5.32 Å². The number of hydrogen-bond donors (Lipinski definition) is 1. The molecule has 4 nitrogen and oxygen atoms in total. The molecule has 0 fully saturated rings. The number of likely N-dealkylation sites (N-methyl/N-ethyl adjacent to an activating group) is 1. The van der Waals surface area contributed by atoms with Crippen molar-refractivity contribution in [3.05, 3.63) is 37.9 Å². The summed E-state index contributed by atoms with van der Waals surface area (Å²) in [5.74, 6) is 0. The monoisotopic (exact) mass is 304 g/mol. The molecular weight excluding hydrogens is 287 g/mol. The Hall–Kier alpha value is -0.840. The molecule has 0 saturated heterocycles. The molecule has 1 aromatic rings. The van der Waals surface area contributed by atoms with E-state index in [1.807, 2.05) is 6.92 Å². The molecule has 1 aromatic carbocycles. The second kappa shape index (κ2) is 7.68. The molecule has 106 valence electrons. The largest absolute Gasteiger partial charge is 0.314 e. The van der Waals surface area contributed by atoms with Crippen LogP contribution in [-0.4, -0.2) is 17.5 Å². The maximum Gasteiger partial charge on any atom is 0.274 e. The van der Waals surface area contributed by atoms with Crippen molar-refractivity contribution >= 4 is 28.9 Å². The zero-order valence-corrected chi connectivity index (χ0v) is 12.6. The van der Waals surface area contributed by atoms with Gasteiger partial charge in [0.1, 0.15) is 0 Å². The lowest BCUT2D eigenvalue weighted by Crippen LogP contribution is -2.31. The van der Waals surface area contributed by atoms with Gasteiger partial charge in [0.05, 0.1) is 15.0 Å². The van der Waals surface area contributed by atoms with Gasteiger partial charge < -0.3 is 5.32 Å². The minimum absolute atomic E-state index is 0.0356. The highest BCUT2D eigenvalue weighted by molar-refractivity contribution is 6.42. The molecule has 1 atom stereocenters. The summed E-state index contributed by atoms with van der Waals surface area (Å²) in [6.07, 6.45) is 2.56. The molecule has 0 amide bonds. The van der Waals surface area contributed by atoms with E-state index in [4.69, 9.17) is 23.2 Å². The molecule has 0 spiro atoms. The number of halogens is 2. The van der Waals surface area contributed by atoms with Gasteiger partial charge in [-0.3, -0.25) is 10.1 Å². The average Bonchev–Trinajstić information content (AvgIpc) is 2.33. The Kier molecular flexibility index (Phi) is 6.55. The van der Waals surface area contributed by atoms with Gasteiger partial charge in [0, 0.05) is 17.7 Å². The van der Waals surface area contributed by atoms with E-state index in [2.05, 4.69) is 12.2 Å². The second-order valence-corrected chi connectivity index (χ2v) is 5.21. The summed E-state index contributed by atoms with van der Waals surface area (Å²) in [4.78, 5) is 10.7. The first-order valence-electron chi connectivity index (χ1n) is 6.35. The highest BCUT2D eigenvalue weighted by Gasteiger charge is 2.19. The van der Waals surface area contributed by atoms with Crippen molar-refractivity contribution in [1.29, 1.82) is 0 Å². The van der Waals surface area contributed by atoms with Gasteiger partial charge in [-0.15, -0.1) is 0 Å². The summed E-state index contributed by atoms with van der Waals surface area (Å²) in [5.41, 5.74) is 0.659. The smallest absolute Gasteiger partial charge is 0.274 e. The minimum Gasteiger partial charge on any atom is -0.314 e. The maximum atomic E-state index is 11.1. The molecule has 0 aliphatic heterocycles. The first-order chi connectivity index (χ1) is 8.99. The summed E-state index contributed by atoms with van der Waals surface area (Å²) in [7, 11) is 0. The van der Waals surface area contributed by atoms with E-state index < -0.39 is 4.92 Å². The van der Waals surface area contributed by atoms with Crippen molar-refractivity contribution < 1.29 is 4.92 Å². The lowest BCUT2D eigenvalue weighted by atomic mass is 10.0. The number of nitrogens with one attached hydrogen (secondary N) is 1. The summed E-state index contributed by atoms with van der Waals surface area (Å²) < 4.78 is 0. The normalized spacial score (nSPS) is 12.4. The topological polar surface area (TPSA) is 55.2 Å². The van der Waals surface area contributed by atoms with Crippen LogP contribution in [0.5, 0.6) is 0 Å². The van der Waals surface area contributed by atoms with Crippen LogP contribution in [0.4, 0.5) is 5.69 Å². The molecule has 1 N–H and O–H groups in total. The summed E-state index contributed by atoms with van der Waals surface area (Å²) in [5, 5.41) is 15.0. The molecule has 0 radical (unpaired) electrons. The third-order valence-electron chi connectivity index (χ3n) is 2.91. The SMILES string of the molecule is CCCC(Cc1cc(Cl)c(Cl)cc1[N+](=O)[O-])NCC. The molecule has 1 rings (SSSR count). The molecule has 19 heavy (non-hydrogen) atoms. The Bertz CT molecular complexity index is 447. The number of benzene rings is 1. The van der Waals surface area contributed by atoms with Crippen LogP contribution in [0.3, 0.4) is 0 Å². The Labute approximate surface area is 123 Å². The van der Waals surface area contributed by atoms with Gasteiger partial charge in [0.25, 0.3) is 5.69 Å². The fraction of sp³-hybridized carbons (Fsp3) is 0.538. The fourth-order valence-electron chi connectivity index (χ4n) is 2.09. The molecule has 0 aliphatic carbocycles. The van der Waals surface area contributed by atoms with E-state index in [-0.39, 0.29) is 16.8 Å². The van der Waals surface area contributed by atoms with Crippen LogP contribution in [0.2, 0.25) is 10.0 Å². The predicted octanol–water partition coefficient (Wildman–Crippen LogP) is 4.22. The number of nitrogens with zero attached hydrogens (tertiary/aromatic N) is 1. The van der Waals surface area contributed by atoms with Gasteiger partial charge in [0.2, 0.25) is 0 Å². The molecule has 0 aromatic heterocycles. The number of hydrogen-bond acceptors (Lipinski definition) is 3. The number of nitro groups is 1. The standard InChI is InChI=1S/C13H18Cl2N2O2/c1-3-5-10(16-4-2)6-9-7-11(14)12(15)8-13(9)17(18)19/h7-8,10,16H,3-6H2,1-2H3. The van der Waals surface area contributed by atoms with Crippen molar-refractivity contribution in [3.63, 3.8) is 0 Å². The maximum absolute atomic E-state index is 11.1. The molecule has 0 heterocycles. The third-order valence-corrected chi connectivity index (χ3v) is 3.64. The molecule has 0 saturated carbocycles. The molecule has 0 aliphatic rings. The van der Waals surface area contributed by atoms with E-state index in [0.717, 1.165) is 19.4 Å². The first kappa shape index (κ1) is 16.2. The van der Waals surface area contributed by atoms with Gasteiger partial charge in [-0.05, 0) is 25.5 Å². The van der Waals surface area contributed by atoms with Crippen LogP contribution >= 0.6 is 23.2 Å². The van der Waals surface area contributed by atoms with Crippen molar-refractivity contribution in [3.8, 4) is 0 Å². The Morgan fingerprint density at radius 2 is 1.95 bits per heavy atom. The Balaban J connectivity index is 3.03. The van der Waals surface area contributed by atoms with Gasteiger partial charge in [-0.25, -0.2) is 0 Å². The Morgan fingerprint density at radius 1 is 1.32 bits per heavy atom. The van der Waals surface area contributed by atoms with Crippen molar-refractivity contribution in [2.45, 2.75) is 39.2 Å². The number of nitro benzene ring substituents is 1. The highest BCUT2D eigenvalue weighted by Crippen LogP contribution is 2.31. The molecule has 6 heteroatoms. The molecule has 1 unspecified atom stereocenters.